The van der Waals surface area contributed by atoms with Gasteiger partial charge in [-0.05, 0) is 47.6 Å². The largest absolute Gasteiger partial charge is 0.508 e. The average molecular weight is 309 g/mol. The van der Waals surface area contributed by atoms with Crippen molar-refractivity contribution in [2.45, 2.75) is 38.6 Å². The highest BCUT2D eigenvalue weighted by molar-refractivity contribution is 5.81. The van der Waals surface area contributed by atoms with Crippen molar-refractivity contribution < 1.29 is 9.90 Å². The van der Waals surface area contributed by atoms with Crippen LogP contribution >= 0.6 is 0 Å². The normalized spacial score (nSPS) is 15.4. The quantitative estimate of drug-likeness (QED) is 0.872. The molecule has 0 aromatic heterocycles. The third-order valence-corrected chi connectivity index (χ3v) is 4.37. The van der Waals surface area contributed by atoms with E-state index < -0.39 is 0 Å². The van der Waals surface area contributed by atoms with Gasteiger partial charge in [0.2, 0.25) is 5.91 Å². The number of nitrogens with one attached hydrogen (secondary N) is 1. The Labute approximate surface area is 137 Å². The van der Waals surface area contributed by atoms with Crippen molar-refractivity contribution in [2.75, 3.05) is 0 Å². The lowest BCUT2D eigenvalue weighted by Crippen LogP contribution is -2.30. The number of phenols is 1. The zero-order valence-electron chi connectivity index (χ0n) is 13.6. The minimum Gasteiger partial charge on any atom is -0.508 e. The first kappa shape index (κ1) is 15.6. The van der Waals surface area contributed by atoms with Crippen molar-refractivity contribution in [1.29, 1.82) is 0 Å². The van der Waals surface area contributed by atoms with Crippen molar-refractivity contribution in [2.24, 2.45) is 5.92 Å². The molecule has 0 bridgehead atoms. The van der Waals surface area contributed by atoms with Gasteiger partial charge >= 0.3 is 0 Å². The van der Waals surface area contributed by atoms with Crippen LogP contribution in [0.25, 0.3) is 0 Å². The molecule has 1 amide bonds. The molecule has 1 saturated carbocycles. The van der Waals surface area contributed by atoms with E-state index in [1.807, 2.05) is 12.1 Å². The molecule has 2 aromatic rings. The zero-order chi connectivity index (χ0) is 16.4. The van der Waals surface area contributed by atoms with Gasteiger partial charge in [0, 0.05) is 5.92 Å². The van der Waals surface area contributed by atoms with E-state index in [0.717, 1.165) is 24.0 Å². The third kappa shape index (κ3) is 3.73. The van der Waals surface area contributed by atoms with Crippen molar-refractivity contribution in [3.63, 3.8) is 0 Å². The topological polar surface area (TPSA) is 49.3 Å². The molecule has 1 atom stereocenters. The molecule has 3 nitrogen and oxygen atoms in total. The maximum Gasteiger partial charge on any atom is 0.223 e. The first-order chi connectivity index (χ1) is 11.0. The Balaban J connectivity index is 1.91. The Morgan fingerprint density at radius 3 is 2.26 bits per heavy atom. The van der Waals surface area contributed by atoms with E-state index in [0.29, 0.717) is 5.92 Å². The van der Waals surface area contributed by atoms with E-state index in [9.17, 15) is 9.90 Å². The molecule has 0 spiro atoms. The van der Waals surface area contributed by atoms with E-state index in [1.54, 1.807) is 12.1 Å². The van der Waals surface area contributed by atoms with Gasteiger partial charge in [-0.25, -0.2) is 0 Å². The van der Waals surface area contributed by atoms with Gasteiger partial charge in [-0.15, -0.1) is 0 Å². The fourth-order valence-electron chi connectivity index (χ4n) is 2.74. The van der Waals surface area contributed by atoms with Gasteiger partial charge in [0.25, 0.3) is 0 Å². The molecule has 2 aromatic carbocycles. The predicted octanol–water partition coefficient (Wildman–Crippen LogP) is 4.13. The highest BCUT2D eigenvalue weighted by atomic mass is 16.3. The van der Waals surface area contributed by atoms with Crippen LogP contribution in [-0.2, 0) is 4.79 Å². The molecule has 3 heteroatoms. The lowest BCUT2D eigenvalue weighted by Gasteiger charge is -2.21. The molecular weight excluding hydrogens is 286 g/mol. The standard InChI is InChI=1S/C20H23NO2/c1-13(2)14-6-8-15(9-7-14)19(21-20(23)16-10-11-16)17-4-3-5-18(22)12-17/h3-9,12-13,16,19,22H,10-11H2,1-2H3,(H,21,23). The number of hydrogen-bond donors (Lipinski definition) is 2. The van der Waals surface area contributed by atoms with Crippen LogP contribution in [0, 0.1) is 5.92 Å². The first-order valence-corrected chi connectivity index (χ1v) is 8.24. The molecular formula is C20H23NO2. The second-order valence-corrected chi connectivity index (χ2v) is 6.63. The number of hydrogen-bond acceptors (Lipinski definition) is 2. The van der Waals surface area contributed by atoms with Crippen LogP contribution in [0.2, 0.25) is 0 Å². The molecule has 1 fully saturated rings. The predicted molar refractivity (Wildman–Crippen MR) is 91.3 cm³/mol. The summed E-state index contributed by atoms with van der Waals surface area (Å²) in [6, 6.07) is 15.2. The smallest absolute Gasteiger partial charge is 0.223 e. The Bertz CT molecular complexity index is 687. The maximum atomic E-state index is 12.2. The summed E-state index contributed by atoms with van der Waals surface area (Å²) in [5.41, 5.74) is 3.21. The highest BCUT2D eigenvalue weighted by Crippen LogP contribution is 2.32. The summed E-state index contributed by atoms with van der Waals surface area (Å²) in [6.45, 7) is 4.33. The van der Waals surface area contributed by atoms with Gasteiger partial charge in [-0.1, -0.05) is 50.2 Å². The number of rotatable bonds is 5. The van der Waals surface area contributed by atoms with E-state index in [2.05, 4.69) is 43.4 Å². The molecule has 1 unspecified atom stereocenters. The summed E-state index contributed by atoms with van der Waals surface area (Å²) in [4.78, 5) is 12.2. The van der Waals surface area contributed by atoms with Crippen LogP contribution in [0.4, 0.5) is 0 Å². The molecule has 0 aliphatic heterocycles. The van der Waals surface area contributed by atoms with Gasteiger partial charge in [0.15, 0.2) is 0 Å². The summed E-state index contributed by atoms with van der Waals surface area (Å²) >= 11 is 0. The van der Waals surface area contributed by atoms with E-state index in [-0.39, 0.29) is 23.6 Å². The lowest BCUT2D eigenvalue weighted by molar-refractivity contribution is -0.122. The van der Waals surface area contributed by atoms with Gasteiger partial charge in [-0.3, -0.25) is 4.79 Å². The number of phenolic OH excluding ortho intramolecular Hbond substituents is 1. The Morgan fingerprint density at radius 2 is 1.70 bits per heavy atom. The lowest BCUT2D eigenvalue weighted by atomic mass is 9.95. The number of benzene rings is 2. The fraction of sp³-hybridized carbons (Fsp3) is 0.350. The van der Waals surface area contributed by atoms with Crippen LogP contribution in [0.15, 0.2) is 48.5 Å². The van der Waals surface area contributed by atoms with Gasteiger partial charge in [0.1, 0.15) is 5.75 Å². The molecule has 23 heavy (non-hydrogen) atoms. The summed E-state index contributed by atoms with van der Waals surface area (Å²) < 4.78 is 0. The van der Waals surface area contributed by atoms with Crippen LogP contribution in [0.5, 0.6) is 5.75 Å². The van der Waals surface area contributed by atoms with E-state index in [1.165, 1.54) is 5.56 Å². The molecule has 120 valence electrons. The molecule has 1 aliphatic carbocycles. The molecule has 0 saturated heterocycles. The van der Waals surface area contributed by atoms with Crippen molar-refractivity contribution in [1.82, 2.24) is 5.32 Å². The molecule has 0 heterocycles. The summed E-state index contributed by atoms with van der Waals surface area (Å²) in [7, 11) is 0. The van der Waals surface area contributed by atoms with Crippen molar-refractivity contribution >= 4 is 5.91 Å². The van der Waals surface area contributed by atoms with Crippen LogP contribution < -0.4 is 5.32 Å². The zero-order valence-corrected chi connectivity index (χ0v) is 13.6. The minimum absolute atomic E-state index is 0.103. The third-order valence-electron chi connectivity index (χ3n) is 4.37. The van der Waals surface area contributed by atoms with Crippen LogP contribution in [0.3, 0.4) is 0 Å². The Morgan fingerprint density at radius 1 is 1.04 bits per heavy atom. The number of amides is 1. The van der Waals surface area contributed by atoms with E-state index >= 15 is 0 Å². The van der Waals surface area contributed by atoms with Crippen LogP contribution in [-0.4, -0.2) is 11.0 Å². The highest BCUT2D eigenvalue weighted by Gasteiger charge is 2.31. The summed E-state index contributed by atoms with van der Waals surface area (Å²) in [5.74, 6) is 0.951. The monoisotopic (exact) mass is 309 g/mol. The van der Waals surface area contributed by atoms with Gasteiger partial charge in [0.05, 0.1) is 6.04 Å². The fourth-order valence-corrected chi connectivity index (χ4v) is 2.74. The average Bonchev–Trinajstić information content (AvgIpc) is 3.37. The SMILES string of the molecule is CC(C)c1ccc(C(NC(=O)C2CC2)c2cccc(O)c2)cc1. The number of carbonyl (C=O) groups excluding carboxylic acids is 1. The van der Waals surface area contributed by atoms with Crippen LogP contribution in [0.1, 0.15) is 55.3 Å². The number of aromatic hydroxyl groups is 1. The van der Waals surface area contributed by atoms with Gasteiger partial charge < -0.3 is 10.4 Å². The van der Waals surface area contributed by atoms with Gasteiger partial charge in [-0.2, -0.15) is 0 Å². The summed E-state index contributed by atoms with van der Waals surface area (Å²) in [5, 5.41) is 12.9. The Kier molecular flexibility index (Phi) is 4.37. The second-order valence-electron chi connectivity index (χ2n) is 6.63. The molecule has 3 rings (SSSR count). The van der Waals surface area contributed by atoms with Crippen molar-refractivity contribution in [3.8, 4) is 5.75 Å². The second kappa shape index (κ2) is 6.45. The Hall–Kier alpha value is -2.29. The molecule has 1 aliphatic rings. The van der Waals surface area contributed by atoms with Crippen molar-refractivity contribution in [3.05, 3.63) is 65.2 Å². The number of carbonyl (C=O) groups is 1. The van der Waals surface area contributed by atoms with E-state index in [4.69, 9.17) is 0 Å². The molecule has 0 radical (unpaired) electrons. The first-order valence-electron chi connectivity index (χ1n) is 8.24. The minimum atomic E-state index is -0.226. The maximum absolute atomic E-state index is 12.2. The molecule has 2 N–H and O–H groups in total. The summed E-state index contributed by atoms with van der Waals surface area (Å²) in [6.07, 6.45) is 1.95.